The lowest BCUT2D eigenvalue weighted by Crippen LogP contribution is -2.03. The second-order valence-corrected chi connectivity index (χ2v) is 6.87. The molecule has 0 saturated heterocycles. The number of aryl methyl sites for hydroxylation is 1. The summed E-state index contributed by atoms with van der Waals surface area (Å²) in [5, 5.41) is 0. The number of hydrogen-bond acceptors (Lipinski definition) is 1. The zero-order chi connectivity index (χ0) is 13.3. The van der Waals surface area contributed by atoms with Crippen LogP contribution >= 0.6 is 54.5 Å². The Morgan fingerprint density at radius 2 is 1.67 bits per heavy atom. The SMILES string of the molecule is Cc1cc(Br)c(C(=O)c2ccc(I)cc2)cc1Br. The van der Waals surface area contributed by atoms with Gasteiger partial charge in [0.2, 0.25) is 0 Å². The van der Waals surface area contributed by atoms with Gasteiger partial charge in [0.05, 0.1) is 0 Å². The number of carbonyl (C=O) groups is 1. The van der Waals surface area contributed by atoms with Crippen molar-refractivity contribution in [2.45, 2.75) is 6.92 Å². The first-order valence-corrected chi connectivity index (χ1v) is 7.91. The second kappa shape index (κ2) is 5.84. The topological polar surface area (TPSA) is 17.1 Å². The van der Waals surface area contributed by atoms with E-state index in [1.807, 2.05) is 43.3 Å². The third kappa shape index (κ3) is 3.03. The van der Waals surface area contributed by atoms with E-state index in [2.05, 4.69) is 54.5 Å². The van der Waals surface area contributed by atoms with Crippen LogP contribution < -0.4 is 0 Å². The summed E-state index contributed by atoms with van der Waals surface area (Å²) in [4.78, 5) is 12.4. The highest BCUT2D eigenvalue weighted by Gasteiger charge is 2.14. The van der Waals surface area contributed by atoms with Gasteiger partial charge in [0, 0.05) is 23.6 Å². The predicted molar refractivity (Wildman–Crippen MR) is 89.2 cm³/mol. The lowest BCUT2D eigenvalue weighted by atomic mass is 10.0. The zero-order valence-electron chi connectivity index (χ0n) is 9.51. The summed E-state index contributed by atoms with van der Waals surface area (Å²) in [5.41, 5.74) is 2.47. The molecule has 1 nitrogen and oxygen atoms in total. The van der Waals surface area contributed by atoms with Gasteiger partial charge in [-0.05, 0) is 71.5 Å². The number of rotatable bonds is 2. The summed E-state index contributed by atoms with van der Waals surface area (Å²) in [6.07, 6.45) is 0. The molecule has 0 aromatic heterocycles. The van der Waals surface area contributed by atoms with E-state index in [4.69, 9.17) is 0 Å². The maximum absolute atomic E-state index is 12.4. The van der Waals surface area contributed by atoms with Crippen molar-refractivity contribution < 1.29 is 4.79 Å². The van der Waals surface area contributed by atoms with Crippen molar-refractivity contribution in [2.24, 2.45) is 0 Å². The van der Waals surface area contributed by atoms with Gasteiger partial charge in [-0.3, -0.25) is 4.79 Å². The number of halogens is 3. The highest BCUT2D eigenvalue weighted by molar-refractivity contribution is 14.1. The van der Waals surface area contributed by atoms with E-state index in [0.29, 0.717) is 11.1 Å². The Labute approximate surface area is 136 Å². The van der Waals surface area contributed by atoms with Gasteiger partial charge in [-0.1, -0.05) is 31.9 Å². The molecule has 0 amide bonds. The molecule has 0 spiro atoms. The number of carbonyl (C=O) groups excluding carboxylic acids is 1. The van der Waals surface area contributed by atoms with Gasteiger partial charge < -0.3 is 0 Å². The number of benzene rings is 2. The monoisotopic (exact) mass is 478 g/mol. The molecule has 0 N–H and O–H groups in total. The average Bonchev–Trinajstić information content (AvgIpc) is 2.34. The van der Waals surface area contributed by atoms with Crippen LogP contribution in [0.2, 0.25) is 0 Å². The molecule has 0 atom stereocenters. The molecule has 0 heterocycles. The van der Waals surface area contributed by atoms with Crippen LogP contribution in [0.1, 0.15) is 21.5 Å². The van der Waals surface area contributed by atoms with Crippen molar-refractivity contribution in [1.29, 1.82) is 0 Å². The molecule has 0 unspecified atom stereocenters. The first-order valence-electron chi connectivity index (χ1n) is 5.25. The van der Waals surface area contributed by atoms with Crippen molar-refractivity contribution in [2.75, 3.05) is 0 Å². The van der Waals surface area contributed by atoms with Crippen LogP contribution in [0, 0.1) is 10.5 Å². The van der Waals surface area contributed by atoms with Crippen molar-refractivity contribution >= 4 is 60.2 Å². The molecule has 0 fully saturated rings. The van der Waals surface area contributed by atoms with Crippen molar-refractivity contribution in [1.82, 2.24) is 0 Å². The normalized spacial score (nSPS) is 10.4. The molecule has 2 aromatic rings. The third-order valence-corrected chi connectivity index (χ3v) is 4.83. The molecule has 0 aliphatic carbocycles. The highest BCUT2D eigenvalue weighted by atomic mass is 127. The quantitative estimate of drug-likeness (QED) is 0.419. The smallest absolute Gasteiger partial charge is 0.194 e. The Hall–Kier alpha value is -0.200. The highest BCUT2D eigenvalue weighted by Crippen LogP contribution is 2.27. The van der Waals surface area contributed by atoms with E-state index in [0.717, 1.165) is 18.1 Å². The van der Waals surface area contributed by atoms with Crippen LogP contribution in [-0.2, 0) is 0 Å². The van der Waals surface area contributed by atoms with Gasteiger partial charge in [0.25, 0.3) is 0 Å². The molecule has 0 aliphatic heterocycles. The molecule has 4 heteroatoms. The van der Waals surface area contributed by atoms with Gasteiger partial charge in [-0.2, -0.15) is 0 Å². The first-order chi connectivity index (χ1) is 8.49. The van der Waals surface area contributed by atoms with Crippen LogP contribution in [0.5, 0.6) is 0 Å². The Balaban J connectivity index is 2.46. The van der Waals surface area contributed by atoms with Crippen molar-refractivity contribution in [3.05, 3.63) is 65.6 Å². The summed E-state index contributed by atoms with van der Waals surface area (Å²) in [6, 6.07) is 11.4. The summed E-state index contributed by atoms with van der Waals surface area (Å²) < 4.78 is 2.89. The molecule has 0 saturated carbocycles. The van der Waals surface area contributed by atoms with E-state index >= 15 is 0 Å². The summed E-state index contributed by atoms with van der Waals surface area (Å²) in [7, 11) is 0. The standard InChI is InChI=1S/C14H9Br2IO/c1-8-6-13(16)11(7-12(8)15)14(18)9-2-4-10(17)5-3-9/h2-7H,1H3. The number of hydrogen-bond donors (Lipinski definition) is 0. The lowest BCUT2D eigenvalue weighted by molar-refractivity contribution is 0.103. The Morgan fingerprint density at radius 3 is 2.28 bits per heavy atom. The number of ketones is 1. The van der Waals surface area contributed by atoms with Crippen molar-refractivity contribution in [3.8, 4) is 0 Å². The van der Waals surface area contributed by atoms with Crippen LogP contribution in [0.3, 0.4) is 0 Å². The lowest BCUT2D eigenvalue weighted by Gasteiger charge is -2.07. The molecule has 2 rings (SSSR count). The fourth-order valence-electron chi connectivity index (χ4n) is 1.58. The Kier molecular flexibility index (Phi) is 4.61. The molecule has 2 aromatic carbocycles. The predicted octanol–water partition coefficient (Wildman–Crippen LogP) is 5.36. The molecule has 0 radical (unpaired) electrons. The molecule has 92 valence electrons. The molecule has 0 aliphatic rings. The minimum Gasteiger partial charge on any atom is -0.289 e. The van der Waals surface area contributed by atoms with Crippen LogP contribution in [0.15, 0.2) is 45.3 Å². The zero-order valence-corrected chi connectivity index (χ0v) is 14.8. The fraction of sp³-hybridized carbons (Fsp3) is 0.0714. The van der Waals surface area contributed by atoms with Crippen LogP contribution in [0.4, 0.5) is 0 Å². The fourth-order valence-corrected chi connectivity index (χ4v) is 2.92. The minimum absolute atomic E-state index is 0.0268. The van der Waals surface area contributed by atoms with E-state index in [9.17, 15) is 4.79 Å². The average molecular weight is 480 g/mol. The second-order valence-electron chi connectivity index (χ2n) is 3.92. The molecular formula is C14H9Br2IO. The van der Waals surface area contributed by atoms with Gasteiger partial charge in [0.1, 0.15) is 0 Å². The van der Waals surface area contributed by atoms with E-state index < -0.39 is 0 Å². The van der Waals surface area contributed by atoms with Gasteiger partial charge in [0.15, 0.2) is 5.78 Å². The van der Waals surface area contributed by atoms with Gasteiger partial charge >= 0.3 is 0 Å². The van der Waals surface area contributed by atoms with Crippen molar-refractivity contribution in [3.63, 3.8) is 0 Å². The Bertz CT molecular complexity index is 606. The Morgan fingerprint density at radius 1 is 1.06 bits per heavy atom. The molecule has 18 heavy (non-hydrogen) atoms. The van der Waals surface area contributed by atoms with E-state index in [1.165, 1.54) is 0 Å². The van der Waals surface area contributed by atoms with E-state index in [1.54, 1.807) is 0 Å². The maximum atomic E-state index is 12.4. The molecule has 0 bridgehead atoms. The molecular weight excluding hydrogens is 471 g/mol. The minimum atomic E-state index is 0.0268. The third-order valence-electron chi connectivity index (χ3n) is 2.60. The van der Waals surface area contributed by atoms with Gasteiger partial charge in [-0.15, -0.1) is 0 Å². The maximum Gasteiger partial charge on any atom is 0.194 e. The van der Waals surface area contributed by atoms with E-state index in [-0.39, 0.29) is 5.78 Å². The van der Waals surface area contributed by atoms with Gasteiger partial charge in [-0.25, -0.2) is 0 Å². The first kappa shape index (κ1) is 14.2. The van der Waals surface area contributed by atoms with Crippen LogP contribution in [-0.4, -0.2) is 5.78 Å². The largest absolute Gasteiger partial charge is 0.289 e. The summed E-state index contributed by atoms with van der Waals surface area (Å²) >= 11 is 9.13. The summed E-state index contributed by atoms with van der Waals surface area (Å²) in [5.74, 6) is 0.0268. The van der Waals surface area contributed by atoms with Crippen LogP contribution in [0.25, 0.3) is 0 Å². The summed E-state index contributed by atoms with van der Waals surface area (Å²) in [6.45, 7) is 1.99.